The molecule has 2 aromatic carbocycles. The molecule has 1 atom stereocenters. The molecule has 0 saturated carbocycles. The van der Waals surface area contributed by atoms with Crippen molar-refractivity contribution in [1.29, 1.82) is 0 Å². The topological polar surface area (TPSA) is 67.5 Å². The third kappa shape index (κ3) is 3.86. The van der Waals surface area contributed by atoms with E-state index in [1.807, 2.05) is 42.5 Å². The Labute approximate surface area is 164 Å². The molecule has 1 aromatic heterocycles. The van der Waals surface area contributed by atoms with Gasteiger partial charge in [-0.25, -0.2) is 0 Å². The van der Waals surface area contributed by atoms with Gasteiger partial charge in [0, 0.05) is 29.4 Å². The van der Waals surface area contributed by atoms with E-state index in [0.717, 1.165) is 41.6 Å². The molecule has 1 aliphatic rings. The summed E-state index contributed by atoms with van der Waals surface area (Å²) >= 11 is 0. The quantitative estimate of drug-likeness (QED) is 0.574. The van der Waals surface area contributed by atoms with Gasteiger partial charge in [0.05, 0.1) is 5.92 Å². The second-order valence-electron chi connectivity index (χ2n) is 7.61. The number of carbonyl (C=O) groups is 2. The van der Waals surface area contributed by atoms with E-state index in [-0.39, 0.29) is 12.2 Å². The van der Waals surface area contributed by atoms with Crippen LogP contribution in [-0.4, -0.2) is 16.9 Å². The molecular weight excluding hydrogens is 352 g/mol. The molecule has 1 heterocycles. The highest BCUT2D eigenvalue weighted by Gasteiger charge is 2.23. The standard InChI is InChI=1S/C24H24O4/c25-21(14-18(24(26)27)11-10-16-6-2-1-3-7-16)17-12-13-20-19-8-4-5-9-22(19)28-23(20)15-17/h1-3,6-7,12-13,15,18H,4-5,8-11,14H2,(H,26,27). The zero-order chi connectivity index (χ0) is 19.5. The minimum Gasteiger partial charge on any atom is -0.481 e. The van der Waals surface area contributed by atoms with Crippen LogP contribution in [0, 0.1) is 5.92 Å². The number of carboxylic acid groups (broad SMARTS) is 1. The second kappa shape index (κ2) is 8.01. The molecule has 4 rings (SSSR count). The SMILES string of the molecule is O=C(CC(CCc1ccccc1)C(=O)O)c1ccc2c3c(oc2c1)CCCC3. The van der Waals surface area contributed by atoms with Gasteiger partial charge >= 0.3 is 5.97 Å². The highest BCUT2D eigenvalue weighted by atomic mass is 16.4. The lowest BCUT2D eigenvalue weighted by Gasteiger charge is -2.12. The summed E-state index contributed by atoms with van der Waals surface area (Å²) < 4.78 is 5.97. The zero-order valence-electron chi connectivity index (χ0n) is 15.8. The Morgan fingerprint density at radius 2 is 1.82 bits per heavy atom. The maximum absolute atomic E-state index is 12.8. The first-order chi connectivity index (χ1) is 13.6. The van der Waals surface area contributed by atoms with Gasteiger partial charge in [0.1, 0.15) is 11.3 Å². The molecule has 0 aliphatic heterocycles. The van der Waals surface area contributed by atoms with E-state index < -0.39 is 11.9 Å². The number of ketones is 1. The number of carboxylic acids is 1. The van der Waals surface area contributed by atoms with Gasteiger partial charge in [-0.1, -0.05) is 42.5 Å². The number of aliphatic carboxylic acids is 1. The Morgan fingerprint density at radius 3 is 2.61 bits per heavy atom. The molecule has 28 heavy (non-hydrogen) atoms. The maximum Gasteiger partial charge on any atom is 0.306 e. The molecule has 0 radical (unpaired) electrons. The Balaban J connectivity index is 1.48. The molecule has 1 N–H and O–H groups in total. The molecule has 3 aromatic rings. The molecule has 0 spiro atoms. The average molecular weight is 376 g/mol. The van der Waals surface area contributed by atoms with Crippen molar-refractivity contribution >= 4 is 22.7 Å². The predicted molar refractivity (Wildman–Crippen MR) is 108 cm³/mol. The second-order valence-corrected chi connectivity index (χ2v) is 7.61. The van der Waals surface area contributed by atoms with Crippen LogP contribution in [0.25, 0.3) is 11.0 Å². The first-order valence-corrected chi connectivity index (χ1v) is 9.96. The molecule has 0 bridgehead atoms. The Kier molecular flexibility index (Phi) is 5.29. The van der Waals surface area contributed by atoms with Crippen molar-refractivity contribution in [1.82, 2.24) is 0 Å². The smallest absolute Gasteiger partial charge is 0.306 e. The van der Waals surface area contributed by atoms with Gasteiger partial charge < -0.3 is 9.52 Å². The number of hydrogen-bond acceptors (Lipinski definition) is 3. The fourth-order valence-corrected chi connectivity index (χ4v) is 4.08. The summed E-state index contributed by atoms with van der Waals surface area (Å²) in [6.07, 6.45) is 5.39. The van der Waals surface area contributed by atoms with Crippen LogP contribution in [0.1, 0.15) is 52.9 Å². The number of Topliss-reactive ketones (excluding diaryl/α,β-unsaturated/α-hetero) is 1. The molecule has 144 valence electrons. The summed E-state index contributed by atoms with van der Waals surface area (Å²) in [6.45, 7) is 0. The molecule has 0 saturated heterocycles. The minimum absolute atomic E-state index is 0.00803. The van der Waals surface area contributed by atoms with Gasteiger partial charge in [0.15, 0.2) is 5.78 Å². The number of furan rings is 1. The fourth-order valence-electron chi connectivity index (χ4n) is 4.08. The van der Waals surface area contributed by atoms with Crippen LogP contribution in [0.5, 0.6) is 0 Å². The van der Waals surface area contributed by atoms with Crippen LogP contribution < -0.4 is 0 Å². The van der Waals surface area contributed by atoms with Crippen molar-refractivity contribution in [2.45, 2.75) is 44.9 Å². The molecule has 1 unspecified atom stereocenters. The van der Waals surface area contributed by atoms with Gasteiger partial charge in [0.25, 0.3) is 0 Å². The maximum atomic E-state index is 12.8. The third-order valence-corrected chi connectivity index (χ3v) is 5.68. The summed E-state index contributed by atoms with van der Waals surface area (Å²) in [4.78, 5) is 24.4. The number of fused-ring (bicyclic) bond motifs is 3. The number of rotatable bonds is 7. The first-order valence-electron chi connectivity index (χ1n) is 9.96. The van der Waals surface area contributed by atoms with Crippen molar-refractivity contribution in [2.24, 2.45) is 5.92 Å². The van der Waals surface area contributed by atoms with Gasteiger partial charge in [0.2, 0.25) is 0 Å². The van der Waals surface area contributed by atoms with Crippen LogP contribution in [-0.2, 0) is 24.1 Å². The van der Waals surface area contributed by atoms with E-state index in [9.17, 15) is 14.7 Å². The predicted octanol–water partition coefficient (Wildman–Crippen LogP) is 5.22. The fraction of sp³-hybridized carbons (Fsp3) is 0.333. The Bertz CT molecular complexity index is 1000. The normalized spacial score (nSPS) is 14.6. The lowest BCUT2D eigenvalue weighted by molar-refractivity contribution is -0.141. The van der Waals surface area contributed by atoms with Gasteiger partial charge in [-0.05, 0) is 43.7 Å². The van der Waals surface area contributed by atoms with Crippen molar-refractivity contribution < 1.29 is 19.1 Å². The van der Waals surface area contributed by atoms with Crippen molar-refractivity contribution in [3.05, 3.63) is 71.0 Å². The van der Waals surface area contributed by atoms with Crippen LogP contribution in [0.15, 0.2) is 52.9 Å². The first kappa shape index (κ1) is 18.5. The molecule has 4 nitrogen and oxygen atoms in total. The lowest BCUT2D eigenvalue weighted by Crippen LogP contribution is -2.19. The number of benzene rings is 2. The summed E-state index contributed by atoms with van der Waals surface area (Å²) in [5.74, 6) is -0.708. The van der Waals surface area contributed by atoms with Crippen molar-refractivity contribution in [2.75, 3.05) is 0 Å². The molecule has 1 aliphatic carbocycles. The van der Waals surface area contributed by atoms with E-state index in [2.05, 4.69) is 0 Å². The lowest BCUT2D eigenvalue weighted by atomic mass is 9.91. The average Bonchev–Trinajstić information content (AvgIpc) is 3.09. The summed E-state index contributed by atoms with van der Waals surface area (Å²) in [5.41, 5.74) is 3.63. The monoisotopic (exact) mass is 376 g/mol. The Hall–Kier alpha value is -2.88. The molecule has 4 heteroatoms. The van der Waals surface area contributed by atoms with Gasteiger partial charge in [-0.15, -0.1) is 0 Å². The summed E-state index contributed by atoms with van der Waals surface area (Å²) in [7, 11) is 0. The van der Waals surface area contributed by atoms with Crippen LogP contribution in [0.3, 0.4) is 0 Å². The van der Waals surface area contributed by atoms with Crippen LogP contribution in [0.2, 0.25) is 0 Å². The third-order valence-electron chi connectivity index (χ3n) is 5.68. The van der Waals surface area contributed by atoms with E-state index >= 15 is 0 Å². The molecular formula is C24H24O4. The van der Waals surface area contributed by atoms with Crippen molar-refractivity contribution in [3.63, 3.8) is 0 Å². The zero-order valence-corrected chi connectivity index (χ0v) is 15.8. The van der Waals surface area contributed by atoms with E-state index in [0.29, 0.717) is 18.4 Å². The number of carbonyl (C=O) groups excluding carboxylic acids is 1. The highest BCUT2D eigenvalue weighted by molar-refractivity contribution is 6.01. The van der Waals surface area contributed by atoms with Gasteiger partial charge in [-0.2, -0.15) is 0 Å². The highest BCUT2D eigenvalue weighted by Crippen LogP contribution is 2.32. The van der Waals surface area contributed by atoms with E-state index in [1.54, 1.807) is 6.07 Å². The van der Waals surface area contributed by atoms with Crippen LogP contribution in [0.4, 0.5) is 0 Å². The van der Waals surface area contributed by atoms with E-state index in [1.165, 1.54) is 12.0 Å². The van der Waals surface area contributed by atoms with Crippen molar-refractivity contribution in [3.8, 4) is 0 Å². The number of hydrogen-bond donors (Lipinski definition) is 1. The largest absolute Gasteiger partial charge is 0.481 e. The molecule has 0 fully saturated rings. The summed E-state index contributed by atoms with van der Waals surface area (Å²) in [6, 6.07) is 15.3. The molecule has 0 amide bonds. The van der Waals surface area contributed by atoms with Gasteiger partial charge in [-0.3, -0.25) is 9.59 Å². The Morgan fingerprint density at radius 1 is 1.04 bits per heavy atom. The number of aryl methyl sites for hydroxylation is 3. The van der Waals surface area contributed by atoms with Crippen LogP contribution >= 0.6 is 0 Å². The summed E-state index contributed by atoms with van der Waals surface area (Å²) in [5, 5.41) is 10.6. The minimum atomic E-state index is -0.918. The van der Waals surface area contributed by atoms with E-state index in [4.69, 9.17) is 4.42 Å².